The van der Waals surface area contributed by atoms with Crippen molar-refractivity contribution < 1.29 is 19.1 Å². The van der Waals surface area contributed by atoms with Crippen LogP contribution in [0.2, 0.25) is 0 Å². The monoisotopic (exact) mass is 378 g/mol. The molecule has 1 amide bonds. The van der Waals surface area contributed by atoms with Crippen LogP contribution in [0.25, 0.3) is 6.08 Å². The van der Waals surface area contributed by atoms with E-state index in [1.807, 2.05) is 30.3 Å². The minimum atomic E-state index is -0.926. The Bertz CT molecular complexity index is 865. The number of ether oxygens (including phenoxy) is 2. The van der Waals surface area contributed by atoms with Crippen LogP contribution in [-0.2, 0) is 20.7 Å². The first-order chi connectivity index (χ1) is 13.5. The summed E-state index contributed by atoms with van der Waals surface area (Å²) in [4.78, 5) is 24.1. The molecule has 0 saturated heterocycles. The third-order valence-electron chi connectivity index (χ3n) is 3.89. The number of nitrogens with one attached hydrogen (secondary N) is 1. The maximum atomic E-state index is 12.2. The fourth-order valence-corrected chi connectivity index (χ4v) is 2.29. The van der Waals surface area contributed by atoms with Gasteiger partial charge >= 0.3 is 5.97 Å². The van der Waals surface area contributed by atoms with Gasteiger partial charge in [-0.05, 0) is 54.8 Å². The summed E-state index contributed by atoms with van der Waals surface area (Å²) in [5.41, 5.74) is 2.58. The molecule has 2 rings (SSSR count). The van der Waals surface area contributed by atoms with E-state index in [4.69, 9.17) is 14.7 Å². The molecule has 0 bridgehead atoms. The fraction of sp³-hybridized carbons (Fsp3) is 0.227. The van der Waals surface area contributed by atoms with Crippen molar-refractivity contribution in [3.8, 4) is 11.8 Å². The molecule has 0 aliphatic carbocycles. The summed E-state index contributed by atoms with van der Waals surface area (Å²) in [6, 6.07) is 16.3. The Hall–Kier alpha value is -3.59. The number of esters is 1. The summed E-state index contributed by atoms with van der Waals surface area (Å²) in [7, 11) is 0. The van der Waals surface area contributed by atoms with Crippen LogP contribution in [0.4, 0.5) is 5.69 Å². The topological polar surface area (TPSA) is 88.4 Å². The predicted molar refractivity (Wildman–Crippen MR) is 107 cm³/mol. The molecule has 6 nitrogen and oxygen atoms in total. The lowest BCUT2D eigenvalue weighted by Gasteiger charge is -2.12. The molecule has 0 saturated carbocycles. The lowest BCUT2D eigenvalue weighted by atomic mass is 10.1. The first-order valence-corrected chi connectivity index (χ1v) is 8.90. The maximum Gasteiger partial charge on any atom is 0.331 e. The van der Waals surface area contributed by atoms with E-state index in [-0.39, 0.29) is 6.61 Å². The molecule has 2 aromatic rings. The molecule has 0 fully saturated rings. The molecule has 6 heteroatoms. The van der Waals surface area contributed by atoms with E-state index in [1.54, 1.807) is 30.3 Å². The molecular weight excluding hydrogens is 356 g/mol. The Balaban J connectivity index is 1.84. The van der Waals surface area contributed by atoms with Crippen LogP contribution in [0.5, 0.6) is 5.75 Å². The van der Waals surface area contributed by atoms with Crippen molar-refractivity contribution in [3.63, 3.8) is 0 Å². The predicted octanol–water partition coefficient (Wildman–Crippen LogP) is 3.73. The van der Waals surface area contributed by atoms with Crippen LogP contribution in [-0.4, -0.2) is 24.6 Å². The smallest absolute Gasteiger partial charge is 0.331 e. The Morgan fingerprint density at radius 3 is 2.43 bits per heavy atom. The number of carbonyl (C=O) groups excluding carboxylic acids is 2. The summed E-state index contributed by atoms with van der Waals surface area (Å²) in [5, 5.41) is 11.2. The zero-order valence-electron chi connectivity index (χ0n) is 15.8. The highest BCUT2D eigenvalue weighted by atomic mass is 16.5. The van der Waals surface area contributed by atoms with E-state index in [1.165, 1.54) is 18.6 Å². The van der Waals surface area contributed by atoms with Crippen LogP contribution in [0.3, 0.4) is 0 Å². The number of carbonyl (C=O) groups is 2. The second-order valence-corrected chi connectivity index (χ2v) is 5.97. The van der Waals surface area contributed by atoms with Crippen molar-refractivity contribution in [1.29, 1.82) is 5.26 Å². The SMILES string of the molecule is CCc1ccc(NC(=O)C(C)OC(=O)/C=C/c2ccc(OCC#N)cc2)cc1. The average molecular weight is 378 g/mol. The summed E-state index contributed by atoms with van der Waals surface area (Å²) >= 11 is 0. The summed E-state index contributed by atoms with van der Waals surface area (Å²) in [6.07, 6.45) is 2.82. The summed E-state index contributed by atoms with van der Waals surface area (Å²) in [5.74, 6) is -0.447. The van der Waals surface area contributed by atoms with Crippen LogP contribution in [0, 0.1) is 11.3 Å². The van der Waals surface area contributed by atoms with Crippen LogP contribution in [0.1, 0.15) is 25.0 Å². The van der Waals surface area contributed by atoms with E-state index in [0.29, 0.717) is 11.4 Å². The number of benzene rings is 2. The first-order valence-electron chi connectivity index (χ1n) is 8.90. The van der Waals surface area contributed by atoms with Crippen molar-refractivity contribution >= 4 is 23.6 Å². The third-order valence-corrected chi connectivity index (χ3v) is 3.89. The van der Waals surface area contributed by atoms with Gasteiger partial charge < -0.3 is 14.8 Å². The van der Waals surface area contributed by atoms with Gasteiger partial charge in [0.15, 0.2) is 12.7 Å². The molecular formula is C22H22N2O4. The molecule has 1 unspecified atom stereocenters. The van der Waals surface area contributed by atoms with Crippen molar-refractivity contribution in [1.82, 2.24) is 0 Å². The van der Waals surface area contributed by atoms with Gasteiger partial charge in [0.05, 0.1) is 0 Å². The van der Waals surface area contributed by atoms with Gasteiger partial charge in [0.25, 0.3) is 5.91 Å². The van der Waals surface area contributed by atoms with Gasteiger partial charge in [0, 0.05) is 11.8 Å². The second-order valence-electron chi connectivity index (χ2n) is 5.97. The number of nitrogens with zero attached hydrogens (tertiary/aromatic N) is 1. The van der Waals surface area contributed by atoms with Crippen LogP contribution < -0.4 is 10.1 Å². The number of hydrogen-bond acceptors (Lipinski definition) is 5. The van der Waals surface area contributed by atoms with E-state index in [2.05, 4.69) is 12.2 Å². The highest BCUT2D eigenvalue weighted by Crippen LogP contribution is 2.14. The molecule has 1 N–H and O–H groups in total. The number of aryl methyl sites for hydroxylation is 1. The van der Waals surface area contributed by atoms with Gasteiger partial charge in [-0.15, -0.1) is 0 Å². The molecule has 0 radical (unpaired) electrons. The Labute approximate surface area is 164 Å². The minimum Gasteiger partial charge on any atom is -0.479 e. The number of rotatable bonds is 8. The zero-order valence-corrected chi connectivity index (χ0v) is 15.8. The first kappa shape index (κ1) is 20.7. The molecule has 0 spiro atoms. The molecule has 0 aliphatic rings. The maximum absolute atomic E-state index is 12.2. The number of nitriles is 1. The van der Waals surface area contributed by atoms with E-state index < -0.39 is 18.0 Å². The molecule has 0 aromatic heterocycles. The normalized spacial score (nSPS) is 11.5. The molecule has 144 valence electrons. The van der Waals surface area contributed by atoms with Crippen LogP contribution in [0.15, 0.2) is 54.6 Å². The number of amides is 1. The number of anilines is 1. The van der Waals surface area contributed by atoms with E-state index in [0.717, 1.165) is 12.0 Å². The standard InChI is InChI=1S/C22H22N2O4/c1-3-17-4-9-19(10-5-17)24-22(26)16(2)28-21(25)13-8-18-6-11-20(12-7-18)27-15-14-23/h4-13,16H,3,15H2,1-2H3,(H,24,26)/b13-8+. The van der Waals surface area contributed by atoms with Gasteiger partial charge in [0.2, 0.25) is 0 Å². The quantitative estimate of drug-likeness (QED) is 0.558. The van der Waals surface area contributed by atoms with Crippen molar-refractivity contribution in [3.05, 3.63) is 65.7 Å². The molecule has 0 aliphatic heterocycles. The Kier molecular flexibility index (Phi) is 7.79. The lowest BCUT2D eigenvalue weighted by Crippen LogP contribution is -2.29. The van der Waals surface area contributed by atoms with E-state index in [9.17, 15) is 9.59 Å². The van der Waals surface area contributed by atoms with Gasteiger partial charge in [-0.2, -0.15) is 5.26 Å². The molecule has 1 atom stereocenters. The van der Waals surface area contributed by atoms with E-state index >= 15 is 0 Å². The lowest BCUT2D eigenvalue weighted by molar-refractivity contribution is -0.148. The van der Waals surface area contributed by atoms with Crippen molar-refractivity contribution in [2.75, 3.05) is 11.9 Å². The molecule has 0 heterocycles. The Morgan fingerprint density at radius 1 is 1.14 bits per heavy atom. The summed E-state index contributed by atoms with van der Waals surface area (Å²) in [6.45, 7) is 3.55. The highest BCUT2D eigenvalue weighted by molar-refractivity contribution is 5.96. The van der Waals surface area contributed by atoms with Gasteiger partial charge in [-0.1, -0.05) is 31.2 Å². The van der Waals surface area contributed by atoms with Gasteiger partial charge in [-0.25, -0.2) is 4.79 Å². The molecule has 28 heavy (non-hydrogen) atoms. The third kappa shape index (κ3) is 6.61. The fourth-order valence-electron chi connectivity index (χ4n) is 2.29. The molecule has 2 aromatic carbocycles. The average Bonchev–Trinajstić information content (AvgIpc) is 2.72. The van der Waals surface area contributed by atoms with Crippen LogP contribution >= 0.6 is 0 Å². The van der Waals surface area contributed by atoms with Crippen molar-refractivity contribution in [2.45, 2.75) is 26.4 Å². The van der Waals surface area contributed by atoms with Gasteiger partial charge in [0.1, 0.15) is 11.8 Å². The second kappa shape index (κ2) is 10.5. The zero-order chi connectivity index (χ0) is 20.4. The van der Waals surface area contributed by atoms with Crippen molar-refractivity contribution in [2.24, 2.45) is 0 Å². The number of hydrogen-bond donors (Lipinski definition) is 1. The summed E-state index contributed by atoms with van der Waals surface area (Å²) < 4.78 is 10.3. The minimum absolute atomic E-state index is 0.0236. The Morgan fingerprint density at radius 2 is 1.82 bits per heavy atom. The highest BCUT2D eigenvalue weighted by Gasteiger charge is 2.16. The largest absolute Gasteiger partial charge is 0.479 e. The van der Waals surface area contributed by atoms with Gasteiger partial charge in [-0.3, -0.25) is 4.79 Å².